The molecule has 0 aromatic heterocycles. The van der Waals surface area contributed by atoms with E-state index in [-0.39, 0.29) is 18.6 Å². The zero-order valence-electron chi connectivity index (χ0n) is 13.6. The van der Waals surface area contributed by atoms with Gasteiger partial charge in [-0.2, -0.15) is 0 Å². The molecule has 7 nitrogen and oxygen atoms in total. The van der Waals surface area contributed by atoms with Crippen molar-refractivity contribution in [1.29, 1.82) is 0 Å². The summed E-state index contributed by atoms with van der Waals surface area (Å²) >= 11 is 0. The highest BCUT2D eigenvalue weighted by Crippen LogP contribution is 2.28. The van der Waals surface area contributed by atoms with Gasteiger partial charge in [-0.3, -0.25) is 9.69 Å². The lowest BCUT2D eigenvalue weighted by molar-refractivity contribution is -0.129. The van der Waals surface area contributed by atoms with Crippen molar-refractivity contribution in [3.63, 3.8) is 0 Å². The lowest BCUT2D eigenvalue weighted by Gasteiger charge is -2.24. The Bertz CT molecular complexity index is 654. The first-order chi connectivity index (χ1) is 11.5. The first-order valence-corrected chi connectivity index (χ1v) is 7.96. The smallest absolute Gasteiger partial charge is 0.414 e. The molecule has 2 saturated heterocycles. The molecule has 0 spiro atoms. The number of halogens is 1. The van der Waals surface area contributed by atoms with Crippen molar-refractivity contribution < 1.29 is 18.7 Å². The van der Waals surface area contributed by atoms with Crippen LogP contribution >= 0.6 is 0 Å². The Morgan fingerprint density at radius 2 is 2.08 bits per heavy atom. The van der Waals surface area contributed by atoms with E-state index in [0.717, 1.165) is 0 Å². The molecule has 1 aromatic carbocycles. The number of carbonyl (C=O) groups excluding carboxylic acids is 2. The first-order valence-electron chi connectivity index (χ1n) is 7.96. The molecule has 1 atom stereocenters. The largest absolute Gasteiger partial charge is 0.443 e. The molecule has 2 fully saturated rings. The summed E-state index contributed by atoms with van der Waals surface area (Å²) in [5.74, 6) is -0.365. The van der Waals surface area contributed by atoms with Crippen LogP contribution in [0.1, 0.15) is 6.42 Å². The normalized spacial score (nSPS) is 22.0. The second-order valence-corrected chi connectivity index (χ2v) is 6.04. The minimum atomic E-state index is -0.514. The molecule has 2 heterocycles. The van der Waals surface area contributed by atoms with E-state index in [1.807, 2.05) is 4.90 Å². The SMILES string of the molecule is CN1CCN(c2ccc(N3CC(CN)OC3=O)cc2F)CCC1=O. The highest BCUT2D eigenvalue weighted by molar-refractivity contribution is 5.90. The van der Waals surface area contributed by atoms with Gasteiger partial charge in [-0.25, -0.2) is 9.18 Å². The van der Waals surface area contributed by atoms with Crippen LogP contribution < -0.4 is 15.5 Å². The van der Waals surface area contributed by atoms with Gasteiger partial charge in [0.25, 0.3) is 0 Å². The van der Waals surface area contributed by atoms with E-state index in [9.17, 15) is 14.0 Å². The van der Waals surface area contributed by atoms with Crippen LogP contribution in [-0.4, -0.2) is 62.8 Å². The van der Waals surface area contributed by atoms with E-state index in [2.05, 4.69) is 0 Å². The number of ether oxygens (including phenoxy) is 1. The van der Waals surface area contributed by atoms with Crippen molar-refractivity contribution in [2.24, 2.45) is 5.73 Å². The summed E-state index contributed by atoms with van der Waals surface area (Å²) in [5, 5.41) is 0. The minimum absolute atomic E-state index is 0.0576. The molecule has 1 aromatic rings. The van der Waals surface area contributed by atoms with Gasteiger partial charge in [0.2, 0.25) is 5.91 Å². The summed E-state index contributed by atoms with van der Waals surface area (Å²) in [6, 6.07) is 4.66. The van der Waals surface area contributed by atoms with Crippen LogP contribution in [0, 0.1) is 5.82 Å². The van der Waals surface area contributed by atoms with E-state index in [4.69, 9.17) is 10.5 Å². The Hall–Kier alpha value is -2.35. The zero-order valence-corrected chi connectivity index (χ0v) is 13.6. The molecule has 0 aliphatic carbocycles. The Balaban J connectivity index is 1.78. The van der Waals surface area contributed by atoms with Gasteiger partial charge in [0, 0.05) is 39.6 Å². The van der Waals surface area contributed by atoms with Gasteiger partial charge in [-0.1, -0.05) is 0 Å². The third kappa shape index (κ3) is 3.14. The molecular formula is C16H21FN4O3. The molecule has 0 saturated carbocycles. The third-order valence-electron chi connectivity index (χ3n) is 4.45. The summed E-state index contributed by atoms with van der Waals surface area (Å²) in [4.78, 5) is 28.5. The number of benzene rings is 1. The molecule has 24 heavy (non-hydrogen) atoms. The number of hydrogen-bond acceptors (Lipinski definition) is 5. The Kier molecular flexibility index (Phi) is 4.57. The second kappa shape index (κ2) is 6.64. The molecule has 130 valence electrons. The van der Waals surface area contributed by atoms with E-state index < -0.39 is 11.9 Å². The van der Waals surface area contributed by atoms with Gasteiger partial charge in [0.1, 0.15) is 11.9 Å². The summed E-state index contributed by atoms with van der Waals surface area (Å²) in [6.07, 6.45) is -0.527. The Morgan fingerprint density at radius 1 is 1.29 bits per heavy atom. The predicted octanol–water partition coefficient (Wildman–Crippen LogP) is 0.778. The minimum Gasteiger partial charge on any atom is -0.443 e. The van der Waals surface area contributed by atoms with Crippen molar-refractivity contribution in [2.75, 3.05) is 49.6 Å². The lowest BCUT2D eigenvalue weighted by Crippen LogP contribution is -2.30. The number of anilines is 2. The number of carbonyl (C=O) groups is 2. The highest BCUT2D eigenvalue weighted by Gasteiger charge is 2.32. The molecule has 2 aliphatic rings. The number of rotatable bonds is 3. The van der Waals surface area contributed by atoms with Crippen molar-refractivity contribution in [1.82, 2.24) is 4.90 Å². The summed E-state index contributed by atoms with van der Waals surface area (Å²) in [6.45, 7) is 2.14. The van der Waals surface area contributed by atoms with Gasteiger partial charge in [-0.05, 0) is 18.2 Å². The van der Waals surface area contributed by atoms with Crippen molar-refractivity contribution >= 4 is 23.4 Å². The van der Waals surface area contributed by atoms with Gasteiger partial charge >= 0.3 is 6.09 Å². The zero-order chi connectivity index (χ0) is 17.3. The van der Waals surface area contributed by atoms with E-state index in [0.29, 0.717) is 44.0 Å². The highest BCUT2D eigenvalue weighted by atomic mass is 19.1. The monoisotopic (exact) mass is 336 g/mol. The first kappa shape index (κ1) is 16.5. The predicted molar refractivity (Wildman–Crippen MR) is 87.5 cm³/mol. The summed E-state index contributed by atoms with van der Waals surface area (Å²) < 4.78 is 19.7. The fourth-order valence-electron chi connectivity index (χ4n) is 2.94. The fourth-order valence-corrected chi connectivity index (χ4v) is 2.94. The maximum atomic E-state index is 14.6. The lowest BCUT2D eigenvalue weighted by atomic mass is 10.2. The number of hydrogen-bond donors (Lipinski definition) is 1. The molecule has 0 bridgehead atoms. The fraction of sp³-hybridized carbons (Fsp3) is 0.500. The van der Waals surface area contributed by atoms with Crippen LogP contribution in [0.3, 0.4) is 0 Å². The molecule has 0 radical (unpaired) electrons. The molecule has 1 unspecified atom stereocenters. The quantitative estimate of drug-likeness (QED) is 0.882. The van der Waals surface area contributed by atoms with Crippen molar-refractivity contribution in [2.45, 2.75) is 12.5 Å². The second-order valence-electron chi connectivity index (χ2n) is 6.04. The molecule has 8 heteroatoms. The number of nitrogens with zero attached hydrogens (tertiary/aromatic N) is 3. The Morgan fingerprint density at radius 3 is 2.75 bits per heavy atom. The Labute approximate surface area is 139 Å². The van der Waals surface area contributed by atoms with E-state index in [1.54, 1.807) is 24.1 Å². The standard InChI is InChI=1S/C16H21FN4O3/c1-19-6-7-20(5-4-15(19)22)14-3-2-11(8-13(14)17)21-10-12(9-18)24-16(21)23/h2-3,8,12H,4-7,9-10,18H2,1H3. The number of cyclic esters (lactones) is 1. The van der Waals surface area contributed by atoms with Gasteiger partial charge in [-0.15, -0.1) is 0 Å². The average molecular weight is 336 g/mol. The van der Waals surface area contributed by atoms with Gasteiger partial charge < -0.3 is 20.3 Å². The van der Waals surface area contributed by atoms with E-state index in [1.165, 1.54) is 11.0 Å². The maximum Gasteiger partial charge on any atom is 0.414 e. The van der Waals surface area contributed by atoms with Crippen LogP contribution in [0.5, 0.6) is 0 Å². The molecular weight excluding hydrogens is 315 g/mol. The topological polar surface area (TPSA) is 79.1 Å². The molecule has 2 amide bonds. The van der Waals surface area contributed by atoms with E-state index >= 15 is 0 Å². The summed E-state index contributed by atoms with van der Waals surface area (Å²) in [5.41, 5.74) is 6.39. The van der Waals surface area contributed by atoms with Gasteiger partial charge in [0.15, 0.2) is 0 Å². The molecule has 3 rings (SSSR count). The maximum absolute atomic E-state index is 14.6. The van der Waals surface area contributed by atoms with Gasteiger partial charge in [0.05, 0.1) is 17.9 Å². The average Bonchev–Trinajstić information content (AvgIpc) is 2.87. The van der Waals surface area contributed by atoms with Crippen LogP contribution in [0.4, 0.5) is 20.6 Å². The van der Waals surface area contributed by atoms with Crippen LogP contribution in [0.15, 0.2) is 18.2 Å². The third-order valence-corrected chi connectivity index (χ3v) is 4.45. The van der Waals surface area contributed by atoms with Crippen LogP contribution in [0.2, 0.25) is 0 Å². The van der Waals surface area contributed by atoms with Crippen molar-refractivity contribution in [3.8, 4) is 0 Å². The van der Waals surface area contributed by atoms with Crippen LogP contribution in [-0.2, 0) is 9.53 Å². The molecule has 2 aliphatic heterocycles. The number of likely N-dealkylation sites (N-methyl/N-ethyl adjacent to an activating group) is 1. The number of amides is 2. The summed E-state index contributed by atoms with van der Waals surface area (Å²) in [7, 11) is 1.75. The number of nitrogens with two attached hydrogens (primary N) is 1. The van der Waals surface area contributed by atoms with Crippen LogP contribution in [0.25, 0.3) is 0 Å². The molecule has 2 N–H and O–H groups in total. The van der Waals surface area contributed by atoms with Crippen molar-refractivity contribution in [3.05, 3.63) is 24.0 Å².